The highest BCUT2D eigenvalue weighted by Crippen LogP contribution is 2.25. The maximum absolute atomic E-state index is 12.3. The van der Waals surface area contributed by atoms with Crippen molar-refractivity contribution < 1.29 is 9.21 Å². The second-order valence-electron chi connectivity index (χ2n) is 5.45. The van der Waals surface area contributed by atoms with E-state index < -0.39 is 0 Å². The SMILES string of the molecule is CCc1ccc(Nc2cc(C)ncn2)cc1NC(=O)c1ccc(Br)o1. The van der Waals surface area contributed by atoms with Gasteiger partial charge in [-0.15, -0.1) is 0 Å². The van der Waals surface area contributed by atoms with Crippen LogP contribution in [0.25, 0.3) is 0 Å². The predicted molar refractivity (Wildman–Crippen MR) is 100 cm³/mol. The van der Waals surface area contributed by atoms with E-state index in [0.717, 1.165) is 29.1 Å². The Morgan fingerprint density at radius 3 is 2.72 bits per heavy atom. The first-order valence-electron chi connectivity index (χ1n) is 7.80. The van der Waals surface area contributed by atoms with E-state index in [4.69, 9.17) is 4.42 Å². The fourth-order valence-electron chi connectivity index (χ4n) is 2.37. The van der Waals surface area contributed by atoms with E-state index in [1.807, 2.05) is 38.1 Å². The molecule has 7 heteroatoms. The predicted octanol–water partition coefficient (Wildman–Crippen LogP) is 4.70. The zero-order valence-electron chi connectivity index (χ0n) is 13.8. The number of aryl methyl sites for hydroxylation is 2. The summed E-state index contributed by atoms with van der Waals surface area (Å²) in [5.41, 5.74) is 3.46. The smallest absolute Gasteiger partial charge is 0.291 e. The highest BCUT2D eigenvalue weighted by Gasteiger charge is 2.13. The molecule has 0 aliphatic heterocycles. The fourth-order valence-corrected chi connectivity index (χ4v) is 2.68. The lowest BCUT2D eigenvalue weighted by Crippen LogP contribution is -2.12. The minimum Gasteiger partial charge on any atom is -0.444 e. The van der Waals surface area contributed by atoms with Gasteiger partial charge in [-0.05, 0) is 59.1 Å². The molecular weight excluding hydrogens is 384 g/mol. The van der Waals surface area contributed by atoms with Crippen LogP contribution in [-0.2, 0) is 6.42 Å². The molecule has 2 heterocycles. The van der Waals surface area contributed by atoms with Gasteiger partial charge in [0.2, 0.25) is 0 Å². The van der Waals surface area contributed by atoms with Crippen molar-refractivity contribution in [3.05, 3.63) is 64.4 Å². The molecule has 1 aromatic carbocycles. The minimum absolute atomic E-state index is 0.249. The molecule has 0 aliphatic carbocycles. The van der Waals surface area contributed by atoms with E-state index in [-0.39, 0.29) is 11.7 Å². The molecule has 2 aromatic heterocycles. The van der Waals surface area contributed by atoms with Crippen LogP contribution < -0.4 is 10.6 Å². The van der Waals surface area contributed by atoms with E-state index in [0.29, 0.717) is 10.5 Å². The second-order valence-corrected chi connectivity index (χ2v) is 6.23. The third-order valence-electron chi connectivity index (χ3n) is 3.61. The molecule has 0 spiro atoms. The monoisotopic (exact) mass is 400 g/mol. The molecule has 0 atom stereocenters. The Hall–Kier alpha value is -2.67. The number of benzene rings is 1. The first-order valence-corrected chi connectivity index (χ1v) is 8.59. The number of amides is 1. The van der Waals surface area contributed by atoms with Crippen LogP contribution in [0.1, 0.15) is 28.7 Å². The summed E-state index contributed by atoms with van der Waals surface area (Å²) in [6.07, 6.45) is 2.31. The molecule has 6 nitrogen and oxygen atoms in total. The summed E-state index contributed by atoms with van der Waals surface area (Å²) in [7, 11) is 0. The van der Waals surface area contributed by atoms with Crippen LogP contribution in [0.4, 0.5) is 17.2 Å². The number of rotatable bonds is 5. The normalized spacial score (nSPS) is 10.5. The van der Waals surface area contributed by atoms with E-state index >= 15 is 0 Å². The van der Waals surface area contributed by atoms with Gasteiger partial charge in [-0.3, -0.25) is 4.79 Å². The van der Waals surface area contributed by atoms with Crippen molar-refractivity contribution in [2.45, 2.75) is 20.3 Å². The molecule has 0 unspecified atom stereocenters. The topological polar surface area (TPSA) is 80.0 Å². The molecule has 0 saturated carbocycles. The van der Waals surface area contributed by atoms with Gasteiger partial charge in [0.15, 0.2) is 10.4 Å². The van der Waals surface area contributed by atoms with Crippen LogP contribution in [0, 0.1) is 6.92 Å². The number of anilines is 3. The Kier molecular flexibility index (Phi) is 5.14. The van der Waals surface area contributed by atoms with Crippen molar-refractivity contribution in [3.63, 3.8) is 0 Å². The Labute approximate surface area is 153 Å². The van der Waals surface area contributed by atoms with Gasteiger partial charge in [0.05, 0.1) is 0 Å². The highest BCUT2D eigenvalue weighted by molar-refractivity contribution is 9.10. The number of carbonyl (C=O) groups is 1. The Balaban J connectivity index is 1.83. The van der Waals surface area contributed by atoms with Gasteiger partial charge in [0.25, 0.3) is 5.91 Å². The maximum Gasteiger partial charge on any atom is 0.291 e. The van der Waals surface area contributed by atoms with Crippen molar-refractivity contribution in [2.24, 2.45) is 0 Å². The van der Waals surface area contributed by atoms with Crippen molar-refractivity contribution in [2.75, 3.05) is 10.6 Å². The summed E-state index contributed by atoms with van der Waals surface area (Å²) in [6, 6.07) is 11.0. The van der Waals surface area contributed by atoms with Crippen molar-refractivity contribution in [1.29, 1.82) is 0 Å². The summed E-state index contributed by atoms with van der Waals surface area (Å²) in [4.78, 5) is 20.6. The second kappa shape index (κ2) is 7.48. The van der Waals surface area contributed by atoms with Crippen LogP contribution in [0.15, 0.2) is 51.8 Å². The lowest BCUT2D eigenvalue weighted by atomic mass is 10.1. The van der Waals surface area contributed by atoms with Gasteiger partial charge in [0.1, 0.15) is 12.1 Å². The number of nitrogens with zero attached hydrogens (tertiary/aromatic N) is 2. The van der Waals surface area contributed by atoms with Gasteiger partial charge in [-0.2, -0.15) is 0 Å². The largest absolute Gasteiger partial charge is 0.444 e. The van der Waals surface area contributed by atoms with Crippen molar-refractivity contribution in [1.82, 2.24) is 9.97 Å². The van der Waals surface area contributed by atoms with Crippen molar-refractivity contribution in [3.8, 4) is 0 Å². The Morgan fingerprint density at radius 2 is 2.04 bits per heavy atom. The molecule has 25 heavy (non-hydrogen) atoms. The van der Waals surface area contributed by atoms with Crippen LogP contribution >= 0.6 is 15.9 Å². The molecule has 3 aromatic rings. The average molecular weight is 401 g/mol. The maximum atomic E-state index is 12.3. The van der Waals surface area contributed by atoms with Crippen LogP contribution in [-0.4, -0.2) is 15.9 Å². The molecule has 0 fully saturated rings. The number of hydrogen-bond donors (Lipinski definition) is 2. The molecule has 1 amide bonds. The van der Waals surface area contributed by atoms with E-state index in [2.05, 4.69) is 36.5 Å². The molecule has 0 aliphatic rings. The third-order valence-corrected chi connectivity index (χ3v) is 4.04. The van der Waals surface area contributed by atoms with Gasteiger partial charge >= 0.3 is 0 Å². The number of carbonyl (C=O) groups excluding carboxylic acids is 1. The molecule has 0 bridgehead atoms. The number of nitrogens with one attached hydrogen (secondary N) is 2. The summed E-state index contributed by atoms with van der Waals surface area (Å²) >= 11 is 3.20. The summed E-state index contributed by atoms with van der Waals surface area (Å²) < 4.78 is 5.82. The fraction of sp³-hybridized carbons (Fsp3) is 0.167. The van der Waals surface area contributed by atoms with Gasteiger partial charge < -0.3 is 15.1 Å². The zero-order chi connectivity index (χ0) is 17.8. The van der Waals surface area contributed by atoms with Gasteiger partial charge in [0, 0.05) is 23.1 Å². The summed E-state index contributed by atoms with van der Waals surface area (Å²) in [6.45, 7) is 3.94. The molecular formula is C18H17BrN4O2. The highest BCUT2D eigenvalue weighted by atomic mass is 79.9. The standard InChI is InChI=1S/C18H17BrN4O2/c1-3-12-4-5-13(22-17-8-11(2)20-10-21-17)9-14(12)23-18(24)15-6-7-16(19)25-15/h4-10H,3H2,1-2H3,(H,23,24)(H,20,21,22). The van der Waals surface area contributed by atoms with Crippen LogP contribution in [0.3, 0.4) is 0 Å². The van der Waals surface area contributed by atoms with E-state index in [1.165, 1.54) is 6.33 Å². The summed E-state index contributed by atoms with van der Waals surface area (Å²) in [5, 5.41) is 6.12. The Morgan fingerprint density at radius 1 is 1.20 bits per heavy atom. The molecule has 0 saturated heterocycles. The lowest BCUT2D eigenvalue weighted by molar-refractivity contribution is 0.0995. The van der Waals surface area contributed by atoms with Gasteiger partial charge in [-0.25, -0.2) is 9.97 Å². The lowest BCUT2D eigenvalue weighted by Gasteiger charge is -2.12. The zero-order valence-corrected chi connectivity index (χ0v) is 15.4. The van der Waals surface area contributed by atoms with Crippen LogP contribution in [0.5, 0.6) is 0 Å². The van der Waals surface area contributed by atoms with Crippen LogP contribution in [0.2, 0.25) is 0 Å². The van der Waals surface area contributed by atoms with Crippen molar-refractivity contribution >= 4 is 39.0 Å². The molecule has 128 valence electrons. The van der Waals surface area contributed by atoms with E-state index in [9.17, 15) is 4.79 Å². The minimum atomic E-state index is -0.296. The Bertz CT molecular complexity index is 908. The first kappa shape index (κ1) is 17.2. The number of furan rings is 1. The average Bonchev–Trinajstić information content (AvgIpc) is 3.02. The summed E-state index contributed by atoms with van der Waals surface area (Å²) in [5.74, 6) is 0.651. The molecule has 2 N–H and O–H groups in total. The molecule has 3 rings (SSSR count). The number of halogens is 1. The number of hydrogen-bond acceptors (Lipinski definition) is 5. The third kappa shape index (κ3) is 4.24. The quantitative estimate of drug-likeness (QED) is 0.648. The number of aromatic nitrogens is 2. The van der Waals surface area contributed by atoms with E-state index in [1.54, 1.807) is 12.1 Å². The van der Waals surface area contributed by atoms with Gasteiger partial charge in [-0.1, -0.05) is 13.0 Å². The first-order chi connectivity index (χ1) is 12.0. The molecule has 0 radical (unpaired) electrons.